The van der Waals surface area contributed by atoms with Crippen molar-refractivity contribution in [3.05, 3.63) is 28.2 Å². The molecule has 0 saturated heterocycles. The number of aliphatic imine (C=N–C) groups is 1. The van der Waals surface area contributed by atoms with Crippen molar-refractivity contribution in [1.29, 1.82) is 5.26 Å². The van der Waals surface area contributed by atoms with E-state index < -0.39 is 0 Å². The molecule has 1 aromatic carbocycles. The van der Waals surface area contributed by atoms with E-state index in [0.29, 0.717) is 21.7 Å². The fourth-order valence-electron chi connectivity index (χ4n) is 1.45. The first-order chi connectivity index (χ1) is 8.63. The second-order valence-electron chi connectivity index (χ2n) is 3.41. The zero-order chi connectivity index (χ0) is 13.5. The Kier molecular flexibility index (Phi) is 5.76. The topological polar surface area (TPSA) is 51.4 Å². The lowest BCUT2D eigenvalue weighted by molar-refractivity contribution is 0.454. The van der Waals surface area contributed by atoms with Gasteiger partial charge in [0.25, 0.3) is 0 Å². The predicted octanol–water partition coefficient (Wildman–Crippen LogP) is 3.39. The van der Waals surface area contributed by atoms with E-state index in [1.165, 1.54) is 0 Å². The van der Waals surface area contributed by atoms with Crippen molar-refractivity contribution in [2.45, 2.75) is 13.8 Å². The Morgan fingerprint density at radius 2 is 1.89 bits per heavy atom. The molecule has 0 atom stereocenters. The average molecular weight is 285 g/mol. The number of rotatable bonds is 3. The third-order valence-electron chi connectivity index (χ3n) is 2.39. The van der Waals surface area contributed by atoms with Gasteiger partial charge in [0.1, 0.15) is 5.69 Å². The maximum absolute atomic E-state index is 8.76. The van der Waals surface area contributed by atoms with Gasteiger partial charge in [0, 0.05) is 13.1 Å². The quantitative estimate of drug-likeness (QED) is 0.401. The fraction of sp³-hybridized carbons (Fsp3) is 0.333. The molecule has 0 spiro atoms. The van der Waals surface area contributed by atoms with Crippen LogP contribution in [0.5, 0.6) is 0 Å². The number of guanidine groups is 1. The molecule has 96 valence electrons. The molecule has 18 heavy (non-hydrogen) atoms. The Hall–Kier alpha value is -1.44. The van der Waals surface area contributed by atoms with Gasteiger partial charge in [0.2, 0.25) is 5.96 Å². The maximum Gasteiger partial charge on any atom is 0.212 e. The minimum atomic E-state index is 0.442. The molecule has 0 fully saturated rings. The van der Waals surface area contributed by atoms with E-state index in [9.17, 15) is 0 Å². The van der Waals surface area contributed by atoms with Gasteiger partial charge in [-0.3, -0.25) is 5.32 Å². The van der Waals surface area contributed by atoms with Crippen LogP contribution in [0.2, 0.25) is 10.0 Å². The van der Waals surface area contributed by atoms with Crippen molar-refractivity contribution in [1.82, 2.24) is 10.2 Å². The number of halogens is 2. The summed E-state index contributed by atoms with van der Waals surface area (Å²) < 4.78 is 0. The van der Waals surface area contributed by atoms with Crippen LogP contribution in [0.15, 0.2) is 23.2 Å². The molecule has 0 unspecified atom stereocenters. The molecule has 0 aliphatic carbocycles. The van der Waals surface area contributed by atoms with Gasteiger partial charge in [0.15, 0.2) is 6.19 Å². The SMILES string of the molecule is CCN(CC)C(=Nc1c(Cl)cccc1Cl)NC#N. The van der Waals surface area contributed by atoms with Gasteiger partial charge < -0.3 is 4.90 Å². The van der Waals surface area contributed by atoms with Crippen LogP contribution < -0.4 is 5.32 Å². The highest BCUT2D eigenvalue weighted by Crippen LogP contribution is 2.32. The first-order valence-corrected chi connectivity index (χ1v) is 6.32. The highest BCUT2D eigenvalue weighted by Gasteiger charge is 2.10. The highest BCUT2D eigenvalue weighted by molar-refractivity contribution is 6.38. The fourth-order valence-corrected chi connectivity index (χ4v) is 1.93. The number of benzene rings is 1. The molecular formula is C12H14Cl2N4. The zero-order valence-corrected chi connectivity index (χ0v) is 11.8. The highest BCUT2D eigenvalue weighted by atomic mass is 35.5. The Labute approximate surface area is 117 Å². The van der Waals surface area contributed by atoms with E-state index in [-0.39, 0.29) is 0 Å². The minimum Gasteiger partial charge on any atom is -0.342 e. The summed E-state index contributed by atoms with van der Waals surface area (Å²) in [6, 6.07) is 5.16. The summed E-state index contributed by atoms with van der Waals surface area (Å²) >= 11 is 12.1. The van der Waals surface area contributed by atoms with Crippen molar-refractivity contribution in [3.8, 4) is 6.19 Å². The normalized spacial score (nSPS) is 10.9. The lowest BCUT2D eigenvalue weighted by Gasteiger charge is -2.21. The van der Waals surface area contributed by atoms with E-state index in [2.05, 4.69) is 10.3 Å². The molecule has 1 rings (SSSR count). The lowest BCUT2D eigenvalue weighted by atomic mass is 10.3. The summed E-state index contributed by atoms with van der Waals surface area (Å²) in [5.41, 5.74) is 0.463. The summed E-state index contributed by atoms with van der Waals surface area (Å²) in [5, 5.41) is 12.2. The van der Waals surface area contributed by atoms with Crippen molar-refractivity contribution < 1.29 is 0 Å². The van der Waals surface area contributed by atoms with Crippen LogP contribution >= 0.6 is 23.2 Å². The number of para-hydroxylation sites is 1. The Morgan fingerprint density at radius 1 is 1.33 bits per heavy atom. The third kappa shape index (κ3) is 3.52. The summed E-state index contributed by atoms with van der Waals surface area (Å²) in [4.78, 5) is 6.24. The molecule has 0 aromatic heterocycles. The summed E-state index contributed by atoms with van der Waals surface area (Å²) in [6.07, 6.45) is 1.87. The number of nitrogens with one attached hydrogen (secondary N) is 1. The molecule has 0 aliphatic heterocycles. The van der Waals surface area contributed by atoms with Crippen LogP contribution in [0.25, 0.3) is 0 Å². The van der Waals surface area contributed by atoms with Gasteiger partial charge in [-0.15, -0.1) is 0 Å². The Balaban J connectivity index is 3.20. The van der Waals surface area contributed by atoms with Gasteiger partial charge in [-0.2, -0.15) is 5.26 Å². The standard InChI is InChI=1S/C12H14Cl2N4/c1-3-18(4-2)12(16-8-15)17-11-9(13)6-5-7-10(11)14/h5-7H,3-4H2,1-2H3,(H,16,17). The molecule has 1 N–H and O–H groups in total. The van der Waals surface area contributed by atoms with Crippen LogP contribution in [0, 0.1) is 11.5 Å². The van der Waals surface area contributed by atoms with Crippen LogP contribution in [-0.4, -0.2) is 23.9 Å². The third-order valence-corrected chi connectivity index (χ3v) is 3.00. The van der Waals surface area contributed by atoms with Crippen molar-refractivity contribution in [2.75, 3.05) is 13.1 Å². The molecule has 0 saturated carbocycles. The average Bonchev–Trinajstić information content (AvgIpc) is 2.35. The molecule has 0 radical (unpaired) electrons. The zero-order valence-electron chi connectivity index (χ0n) is 10.2. The van der Waals surface area contributed by atoms with E-state index in [1.54, 1.807) is 18.2 Å². The van der Waals surface area contributed by atoms with Crippen molar-refractivity contribution in [2.24, 2.45) is 4.99 Å². The van der Waals surface area contributed by atoms with Gasteiger partial charge in [-0.1, -0.05) is 29.3 Å². The van der Waals surface area contributed by atoms with Crippen LogP contribution in [0.1, 0.15) is 13.8 Å². The summed E-state index contributed by atoms with van der Waals surface area (Å²) in [6.45, 7) is 5.41. The molecule has 0 bridgehead atoms. The predicted molar refractivity (Wildman–Crippen MR) is 75.2 cm³/mol. The van der Waals surface area contributed by atoms with E-state index in [1.807, 2.05) is 24.9 Å². The van der Waals surface area contributed by atoms with Gasteiger partial charge in [-0.25, -0.2) is 4.99 Å². The Morgan fingerprint density at radius 3 is 2.33 bits per heavy atom. The number of nitrogens with zero attached hydrogens (tertiary/aromatic N) is 3. The van der Waals surface area contributed by atoms with E-state index in [0.717, 1.165) is 13.1 Å². The smallest absolute Gasteiger partial charge is 0.212 e. The van der Waals surface area contributed by atoms with E-state index >= 15 is 0 Å². The molecule has 6 heteroatoms. The first-order valence-electron chi connectivity index (χ1n) is 5.56. The van der Waals surface area contributed by atoms with Gasteiger partial charge >= 0.3 is 0 Å². The molecule has 0 heterocycles. The van der Waals surface area contributed by atoms with Crippen LogP contribution in [-0.2, 0) is 0 Å². The second kappa shape index (κ2) is 7.10. The number of nitriles is 1. The van der Waals surface area contributed by atoms with Crippen molar-refractivity contribution >= 4 is 34.8 Å². The molecule has 0 aliphatic rings. The molecule has 1 aromatic rings. The molecular weight excluding hydrogens is 271 g/mol. The van der Waals surface area contributed by atoms with Gasteiger partial charge in [-0.05, 0) is 26.0 Å². The van der Waals surface area contributed by atoms with E-state index in [4.69, 9.17) is 28.5 Å². The summed E-state index contributed by atoms with van der Waals surface area (Å²) in [5.74, 6) is 0.442. The summed E-state index contributed by atoms with van der Waals surface area (Å²) in [7, 11) is 0. The first kappa shape index (κ1) is 14.6. The monoisotopic (exact) mass is 284 g/mol. The Bertz CT molecular complexity index is 455. The van der Waals surface area contributed by atoms with Gasteiger partial charge in [0.05, 0.1) is 10.0 Å². The van der Waals surface area contributed by atoms with Crippen LogP contribution in [0.4, 0.5) is 5.69 Å². The maximum atomic E-state index is 8.76. The van der Waals surface area contributed by atoms with Crippen LogP contribution in [0.3, 0.4) is 0 Å². The largest absolute Gasteiger partial charge is 0.342 e. The second-order valence-corrected chi connectivity index (χ2v) is 4.23. The molecule has 4 nitrogen and oxygen atoms in total. The lowest BCUT2D eigenvalue weighted by Crippen LogP contribution is -2.38. The minimum absolute atomic E-state index is 0.442. The number of hydrogen-bond donors (Lipinski definition) is 1. The number of hydrogen-bond acceptors (Lipinski definition) is 2. The molecule has 0 amide bonds. The van der Waals surface area contributed by atoms with Crippen molar-refractivity contribution in [3.63, 3.8) is 0 Å².